The summed E-state index contributed by atoms with van der Waals surface area (Å²) in [5.74, 6) is -0.258. The number of hydrogen-bond acceptors (Lipinski definition) is 6. The van der Waals surface area contributed by atoms with Crippen LogP contribution in [0, 0.1) is 0 Å². The second-order valence-corrected chi connectivity index (χ2v) is 5.60. The molecule has 1 amide bonds. The van der Waals surface area contributed by atoms with E-state index in [2.05, 4.69) is 10.1 Å². The Balaban J connectivity index is 2.43. The Hall–Kier alpha value is -2.91. The van der Waals surface area contributed by atoms with Gasteiger partial charge in [-0.25, -0.2) is 9.80 Å². The predicted molar refractivity (Wildman–Crippen MR) is 84.6 cm³/mol. The Morgan fingerprint density at radius 2 is 1.91 bits per heavy atom. The lowest BCUT2D eigenvalue weighted by atomic mass is 10.2. The Kier molecular flexibility index (Phi) is 3.13. The Morgan fingerprint density at radius 1 is 1.26 bits per heavy atom. The number of aromatic nitrogens is 4. The summed E-state index contributed by atoms with van der Waals surface area (Å²) < 4.78 is 4.01. The van der Waals surface area contributed by atoms with Gasteiger partial charge in [0.25, 0.3) is 5.56 Å². The topological polar surface area (TPSA) is 121 Å². The van der Waals surface area contributed by atoms with Gasteiger partial charge in [-0.3, -0.25) is 23.3 Å². The van der Waals surface area contributed by atoms with Gasteiger partial charge >= 0.3 is 5.69 Å². The number of primary amides is 1. The standard InChI is InChI=1S/C13H17N7O3/c1-6-7(2)20-9-10(17(3)13(23)18(4)11(9)22)15-12(20)19(16-6)5-8(14)21/h7H,5H2,1-4H3,(H2,14,21)/t7-/m1/s1. The van der Waals surface area contributed by atoms with Crippen LogP contribution in [0.1, 0.15) is 19.9 Å². The first-order valence-corrected chi connectivity index (χ1v) is 7.03. The van der Waals surface area contributed by atoms with E-state index in [9.17, 15) is 14.4 Å². The van der Waals surface area contributed by atoms with Crippen LogP contribution in [-0.2, 0) is 18.9 Å². The van der Waals surface area contributed by atoms with Crippen LogP contribution in [0.2, 0.25) is 0 Å². The number of carbonyl (C=O) groups is 1. The summed E-state index contributed by atoms with van der Waals surface area (Å²) in [5, 5.41) is 5.66. The quantitative estimate of drug-likeness (QED) is 0.735. The van der Waals surface area contributed by atoms with Crippen molar-refractivity contribution >= 4 is 28.7 Å². The minimum absolute atomic E-state index is 0.165. The van der Waals surface area contributed by atoms with Gasteiger partial charge in [0.2, 0.25) is 11.9 Å². The van der Waals surface area contributed by atoms with Crippen LogP contribution >= 0.6 is 0 Å². The number of carbonyl (C=O) groups excluding carboxylic acids is 1. The molecule has 0 saturated heterocycles. The lowest BCUT2D eigenvalue weighted by Gasteiger charge is -2.28. The van der Waals surface area contributed by atoms with Crippen molar-refractivity contribution in [2.45, 2.75) is 19.9 Å². The monoisotopic (exact) mass is 319 g/mol. The van der Waals surface area contributed by atoms with Crippen LogP contribution in [-0.4, -0.2) is 36.8 Å². The van der Waals surface area contributed by atoms with E-state index >= 15 is 0 Å². The highest BCUT2D eigenvalue weighted by molar-refractivity contribution is 5.92. The minimum atomic E-state index is -0.573. The summed E-state index contributed by atoms with van der Waals surface area (Å²) in [6, 6.07) is -0.232. The molecule has 10 heteroatoms. The Morgan fingerprint density at radius 3 is 2.52 bits per heavy atom. The molecule has 1 aliphatic rings. The Labute approximate surface area is 130 Å². The highest BCUT2D eigenvalue weighted by atomic mass is 16.2. The van der Waals surface area contributed by atoms with Crippen molar-refractivity contribution in [3.63, 3.8) is 0 Å². The van der Waals surface area contributed by atoms with Gasteiger partial charge in [0.05, 0.1) is 11.8 Å². The van der Waals surface area contributed by atoms with E-state index in [0.29, 0.717) is 17.2 Å². The van der Waals surface area contributed by atoms with E-state index in [0.717, 1.165) is 4.57 Å². The molecule has 2 aromatic heterocycles. The fraction of sp³-hybridized carbons (Fsp3) is 0.462. The fourth-order valence-electron chi connectivity index (χ4n) is 2.71. The molecule has 0 unspecified atom stereocenters. The van der Waals surface area contributed by atoms with E-state index < -0.39 is 17.2 Å². The average Bonchev–Trinajstić information content (AvgIpc) is 2.88. The summed E-state index contributed by atoms with van der Waals surface area (Å²) >= 11 is 0. The maximum absolute atomic E-state index is 12.6. The zero-order valence-electron chi connectivity index (χ0n) is 13.3. The van der Waals surface area contributed by atoms with Crippen LogP contribution in [0.3, 0.4) is 0 Å². The summed E-state index contributed by atoms with van der Waals surface area (Å²) in [7, 11) is 2.96. The first kappa shape index (κ1) is 15.0. The largest absolute Gasteiger partial charge is 0.368 e. The zero-order valence-corrected chi connectivity index (χ0v) is 13.3. The summed E-state index contributed by atoms with van der Waals surface area (Å²) in [4.78, 5) is 40.3. The lowest BCUT2D eigenvalue weighted by molar-refractivity contribution is -0.116. The van der Waals surface area contributed by atoms with Gasteiger partial charge in [-0.1, -0.05) is 0 Å². The van der Waals surface area contributed by atoms with Gasteiger partial charge in [0.15, 0.2) is 11.2 Å². The number of nitrogens with two attached hydrogens (primary N) is 1. The van der Waals surface area contributed by atoms with Crippen molar-refractivity contribution in [2.75, 3.05) is 11.6 Å². The molecule has 0 aromatic carbocycles. The number of nitrogens with zero attached hydrogens (tertiary/aromatic N) is 6. The molecule has 1 atom stereocenters. The van der Waals surface area contributed by atoms with E-state index in [1.165, 1.54) is 16.6 Å². The third kappa shape index (κ3) is 1.98. The van der Waals surface area contributed by atoms with Crippen LogP contribution < -0.4 is 22.0 Å². The molecule has 3 rings (SSSR count). The van der Waals surface area contributed by atoms with Gasteiger partial charge in [-0.15, -0.1) is 0 Å². The highest BCUT2D eigenvalue weighted by Crippen LogP contribution is 2.29. The first-order valence-electron chi connectivity index (χ1n) is 7.03. The molecule has 2 N–H and O–H groups in total. The molecular formula is C13H17N7O3. The molecule has 0 fully saturated rings. The van der Waals surface area contributed by atoms with Crippen molar-refractivity contribution in [2.24, 2.45) is 24.9 Å². The number of aryl methyl sites for hydroxylation is 1. The number of hydrazone groups is 1. The molecular weight excluding hydrogens is 302 g/mol. The van der Waals surface area contributed by atoms with E-state index in [-0.39, 0.29) is 18.2 Å². The van der Waals surface area contributed by atoms with Crippen molar-refractivity contribution < 1.29 is 4.79 Å². The van der Waals surface area contributed by atoms with Gasteiger partial charge < -0.3 is 5.73 Å². The predicted octanol–water partition coefficient (Wildman–Crippen LogP) is -1.32. The van der Waals surface area contributed by atoms with Crippen LogP contribution in [0.4, 0.5) is 5.95 Å². The van der Waals surface area contributed by atoms with Gasteiger partial charge in [0.1, 0.15) is 6.54 Å². The second-order valence-electron chi connectivity index (χ2n) is 5.60. The average molecular weight is 319 g/mol. The van der Waals surface area contributed by atoms with Crippen molar-refractivity contribution in [3.05, 3.63) is 20.8 Å². The molecule has 122 valence electrons. The normalized spacial score (nSPS) is 17.3. The summed E-state index contributed by atoms with van der Waals surface area (Å²) in [6.07, 6.45) is 0. The minimum Gasteiger partial charge on any atom is -0.368 e. The molecule has 0 aliphatic carbocycles. The molecule has 0 saturated carbocycles. The number of imidazole rings is 1. The second kappa shape index (κ2) is 4.80. The van der Waals surface area contributed by atoms with Crippen LogP contribution in [0.25, 0.3) is 11.2 Å². The van der Waals surface area contributed by atoms with E-state index in [1.807, 2.05) is 6.92 Å². The molecule has 10 nitrogen and oxygen atoms in total. The molecule has 3 heterocycles. The third-order valence-corrected chi connectivity index (χ3v) is 4.08. The maximum Gasteiger partial charge on any atom is 0.332 e. The molecule has 0 radical (unpaired) electrons. The highest BCUT2D eigenvalue weighted by Gasteiger charge is 2.30. The van der Waals surface area contributed by atoms with Gasteiger partial charge in [-0.2, -0.15) is 10.1 Å². The van der Waals surface area contributed by atoms with Gasteiger partial charge in [-0.05, 0) is 13.8 Å². The number of hydrogen-bond donors (Lipinski definition) is 1. The maximum atomic E-state index is 12.6. The van der Waals surface area contributed by atoms with Crippen molar-refractivity contribution in [1.29, 1.82) is 0 Å². The van der Waals surface area contributed by atoms with Crippen LogP contribution in [0.15, 0.2) is 14.7 Å². The van der Waals surface area contributed by atoms with E-state index in [1.54, 1.807) is 18.5 Å². The zero-order chi connectivity index (χ0) is 17.0. The first-order chi connectivity index (χ1) is 10.7. The molecule has 1 aliphatic heterocycles. The number of amides is 1. The molecule has 2 aromatic rings. The number of anilines is 1. The van der Waals surface area contributed by atoms with E-state index in [4.69, 9.17) is 5.73 Å². The fourth-order valence-corrected chi connectivity index (χ4v) is 2.71. The smallest absolute Gasteiger partial charge is 0.332 e. The van der Waals surface area contributed by atoms with Crippen molar-refractivity contribution in [3.8, 4) is 0 Å². The third-order valence-electron chi connectivity index (χ3n) is 4.08. The van der Waals surface area contributed by atoms with Crippen molar-refractivity contribution in [1.82, 2.24) is 18.7 Å². The number of rotatable bonds is 2. The summed E-state index contributed by atoms with van der Waals surface area (Å²) in [6.45, 7) is 3.50. The van der Waals surface area contributed by atoms with Crippen LogP contribution in [0.5, 0.6) is 0 Å². The molecule has 0 bridgehead atoms. The molecule has 23 heavy (non-hydrogen) atoms. The Bertz CT molecular complexity index is 978. The lowest BCUT2D eigenvalue weighted by Crippen LogP contribution is -2.39. The SMILES string of the molecule is CC1=NN(CC(N)=O)c2nc3c(c(=O)n(C)c(=O)n3C)n2[C@@H]1C. The van der Waals surface area contributed by atoms with Gasteiger partial charge in [0, 0.05) is 14.1 Å². The number of fused-ring (bicyclic) bond motifs is 3. The summed E-state index contributed by atoms with van der Waals surface area (Å²) in [5.41, 5.74) is 5.59. The molecule has 0 spiro atoms.